The van der Waals surface area contributed by atoms with E-state index in [-0.39, 0.29) is 18.7 Å². The Morgan fingerprint density at radius 1 is 1.33 bits per heavy atom. The second-order valence-corrected chi connectivity index (χ2v) is 4.17. The summed E-state index contributed by atoms with van der Waals surface area (Å²) in [6.07, 6.45) is -1.26. The van der Waals surface area contributed by atoms with Gasteiger partial charge in [-0.1, -0.05) is 0 Å². The van der Waals surface area contributed by atoms with E-state index in [9.17, 15) is 13.6 Å². The van der Waals surface area contributed by atoms with Gasteiger partial charge in [0.05, 0.1) is 18.8 Å². The van der Waals surface area contributed by atoms with Gasteiger partial charge in [0.1, 0.15) is 6.33 Å². The average Bonchev–Trinajstić information content (AvgIpc) is 3.00. The third kappa shape index (κ3) is 3.78. The Kier molecular flexibility index (Phi) is 4.88. The first-order chi connectivity index (χ1) is 10.1. The van der Waals surface area contributed by atoms with E-state index in [1.807, 2.05) is 0 Å². The number of alkyl halides is 2. The molecular weight excluding hydrogens is 284 g/mol. The van der Waals surface area contributed by atoms with Crippen LogP contribution in [0.25, 0.3) is 5.69 Å². The Balaban J connectivity index is 2.14. The molecule has 0 atom stereocenters. The molecule has 0 fully saturated rings. The molecule has 0 saturated heterocycles. The van der Waals surface area contributed by atoms with E-state index < -0.39 is 18.9 Å². The van der Waals surface area contributed by atoms with Gasteiger partial charge < -0.3 is 10.0 Å². The summed E-state index contributed by atoms with van der Waals surface area (Å²) in [5.41, 5.74) is 0.889. The Labute approximate surface area is 118 Å². The molecule has 0 bridgehead atoms. The van der Waals surface area contributed by atoms with Crippen LogP contribution in [0.4, 0.5) is 8.78 Å². The van der Waals surface area contributed by atoms with Crippen molar-refractivity contribution in [3.63, 3.8) is 0 Å². The highest BCUT2D eigenvalue weighted by molar-refractivity contribution is 5.94. The lowest BCUT2D eigenvalue weighted by Crippen LogP contribution is -2.37. The van der Waals surface area contributed by atoms with E-state index in [4.69, 9.17) is 5.11 Å². The van der Waals surface area contributed by atoms with Crippen LogP contribution in [0.15, 0.2) is 30.6 Å². The summed E-state index contributed by atoms with van der Waals surface area (Å²) in [4.78, 5) is 13.0. The first kappa shape index (κ1) is 15.0. The number of carbonyl (C=O) groups excluding carboxylic acids is 1. The lowest BCUT2D eigenvalue weighted by Gasteiger charge is -2.21. The molecule has 0 unspecified atom stereocenters. The Morgan fingerprint density at radius 2 is 2.05 bits per heavy atom. The van der Waals surface area contributed by atoms with Crippen molar-refractivity contribution in [2.75, 3.05) is 19.7 Å². The third-order valence-corrected chi connectivity index (χ3v) is 2.74. The van der Waals surface area contributed by atoms with Crippen molar-refractivity contribution in [2.24, 2.45) is 0 Å². The molecule has 21 heavy (non-hydrogen) atoms. The van der Waals surface area contributed by atoms with Crippen molar-refractivity contribution in [3.8, 4) is 5.69 Å². The fraction of sp³-hybridized carbons (Fsp3) is 0.333. The van der Waals surface area contributed by atoms with Crippen LogP contribution < -0.4 is 0 Å². The van der Waals surface area contributed by atoms with E-state index in [0.29, 0.717) is 5.69 Å². The minimum Gasteiger partial charge on any atom is -0.395 e. The molecule has 0 aliphatic carbocycles. The van der Waals surface area contributed by atoms with Crippen molar-refractivity contribution in [3.05, 3.63) is 36.2 Å². The van der Waals surface area contributed by atoms with E-state index in [2.05, 4.69) is 15.5 Å². The van der Waals surface area contributed by atoms with E-state index in [1.165, 1.54) is 23.1 Å². The highest BCUT2D eigenvalue weighted by Crippen LogP contribution is 2.11. The van der Waals surface area contributed by atoms with Crippen LogP contribution >= 0.6 is 0 Å². The molecule has 112 valence electrons. The molecule has 0 aliphatic rings. The van der Waals surface area contributed by atoms with Gasteiger partial charge in [0.15, 0.2) is 0 Å². The summed E-state index contributed by atoms with van der Waals surface area (Å²) in [6.45, 7) is -1.23. The van der Waals surface area contributed by atoms with Gasteiger partial charge in [0, 0.05) is 12.1 Å². The van der Waals surface area contributed by atoms with Crippen molar-refractivity contribution < 1.29 is 18.7 Å². The van der Waals surface area contributed by atoms with Crippen molar-refractivity contribution in [1.82, 2.24) is 25.1 Å². The third-order valence-electron chi connectivity index (χ3n) is 2.74. The number of amides is 1. The summed E-state index contributed by atoms with van der Waals surface area (Å²) in [5.74, 6) is -0.562. The number of carbonyl (C=O) groups is 1. The number of aromatic nitrogens is 4. The van der Waals surface area contributed by atoms with E-state index in [1.54, 1.807) is 12.1 Å². The summed E-state index contributed by atoms with van der Waals surface area (Å²) >= 11 is 0. The Morgan fingerprint density at radius 3 is 2.57 bits per heavy atom. The first-order valence-corrected chi connectivity index (χ1v) is 6.13. The number of rotatable bonds is 6. The predicted molar refractivity (Wildman–Crippen MR) is 68.1 cm³/mol. The smallest absolute Gasteiger partial charge is 0.255 e. The van der Waals surface area contributed by atoms with E-state index >= 15 is 0 Å². The second-order valence-electron chi connectivity index (χ2n) is 4.17. The maximum absolute atomic E-state index is 12.4. The number of aliphatic hydroxyl groups excluding tert-OH is 1. The van der Waals surface area contributed by atoms with Gasteiger partial charge in [0.2, 0.25) is 0 Å². The van der Waals surface area contributed by atoms with Crippen LogP contribution in [0.2, 0.25) is 0 Å². The molecule has 1 heterocycles. The zero-order valence-corrected chi connectivity index (χ0v) is 10.9. The summed E-state index contributed by atoms with van der Waals surface area (Å²) in [5, 5.41) is 19.5. The highest BCUT2D eigenvalue weighted by Gasteiger charge is 2.19. The molecule has 2 rings (SSSR count). The van der Waals surface area contributed by atoms with Gasteiger partial charge in [0.25, 0.3) is 12.3 Å². The molecule has 7 nitrogen and oxygen atoms in total. The lowest BCUT2D eigenvalue weighted by molar-refractivity contribution is 0.0509. The maximum atomic E-state index is 12.4. The van der Waals surface area contributed by atoms with Crippen molar-refractivity contribution in [2.45, 2.75) is 6.43 Å². The van der Waals surface area contributed by atoms with Crippen LogP contribution in [0.1, 0.15) is 10.4 Å². The van der Waals surface area contributed by atoms with Crippen LogP contribution in [-0.2, 0) is 0 Å². The largest absolute Gasteiger partial charge is 0.395 e. The van der Waals surface area contributed by atoms with Gasteiger partial charge in [-0.2, -0.15) is 0 Å². The fourth-order valence-corrected chi connectivity index (χ4v) is 1.78. The normalized spacial score (nSPS) is 10.9. The maximum Gasteiger partial charge on any atom is 0.255 e. The molecule has 1 N–H and O–H groups in total. The molecule has 1 aromatic heterocycles. The minimum atomic E-state index is -2.65. The number of nitrogens with zero attached hydrogens (tertiary/aromatic N) is 5. The molecule has 9 heteroatoms. The number of hydrogen-bond donors (Lipinski definition) is 1. The molecule has 0 saturated carbocycles. The van der Waals surface area contributed by atoms with Crippen LogP contribution in [0, 0.1) is 0 Å². The van der Waals surface area contributed by atoms with Gasteiger partial charge in [-0.3, -0.25) is 4.79 Å². The topological polar surface area (TPSA) is 84.1 Å². The number of aliphatic hydroxyl groups is 1. The van der Waals surface area contributed by atoms with Gasteiger partial charge >= 0.3 is 0 Å². The molecule has 0 radical (unpaired) electrons. The van der Waals surface area contributed by atoms with Crippen molar-refractivity contribution >= 4 is 5.91 Å². The zero-order valence-electron chi connectivity index (χ0n) is 10.9. The zero-order chi connectivity index (χ0) is 15.2. The van der Waals surface area contributed by atoms with Crippen LogP contribution in [0.3, 0.4) is 0 Å². The standard InChI is InChI=1S/C12H13F2N5O2/c13-11(14)7-18(5-6-20)12(21)9-1-3-10(4-2-9)19-8-15-16-17-19/h1-4,8,11,20H,5-7H2. The molecule has 1 aromatic carbocycles. The number of tetrazole rings is 1. The monoisotopic (exact) mass is 297 g/mol. The number of hydrogen-bond acceptors (Lipinski definition) is 5. The summed E-state index contributed by atoms with van der Waals surface area (Å²) in [6, 6.07) is 6.19. The average molecular weight is 297 g/mol. The molecule has 0 spiro atoms. The first-order valence-electron chi connectivity index (χ1n) is 6.13. The minimum absolute atomic E-state index is 0.141. The Bertz CT molecular complexity index is 574. The highest BCUT2D eigenvalue weighted by atomic mass is 19.3. The van der Waals surface area contributed by atoms with Gasteiger partial charge in [-0.25, -0.2) is 13.5 Å². The Hall–Kier alpha value is -2.42. The molecule has 0 aliphatic heterocycles. The van der Waals surface area contributed by atoms with Gasteiger partial charge in [-0.05, 0) is 34.7 Å². The summed E-state index contributed by atoms with van der Waals surface area (Å²) < 4.78 is 26.3. The second kappa shape index (κ2) is 6.84. The molecule has 2 aromatic rings. The molecule has 1 amide bonds. The SMILES string of the molecule is O=C(c1ccc(-n2cnnn2)cc1)N(CCO)CC(F)F. The van der Waals surface area contributed by atoms with Crippen LogP contribution in [0.5, 0.6) is 0 Å². The predicted octanol–water partition coefficient (Wildman–Crippen LogP) is 0.362. The van der Waals surface area contributed by atoms with Crippen molar-refractivity contribution in [1.29, 1.82) is 0 Å². The number of halogens is 2. The number of benzene rings is 1. The lowest BCUT2D eigenvalue weighted by atomic mass is 10.2. The quantitative estimate of drug-likeness (QED) is 0.832. The molecular formula is C12H13F2N5O2. The van der Waals surface area contributed by atoms with Crippen LogP contribution in [-0.4, -0.2) is 62.2 Å². The summed E-state index contributed by atoms with van der Waals surface area (Å²) in [7, 11) is 0. The fourth-order valence-electron chi connectivity index (χ4n) is 1.78. The van der Waals surface area contributed by atoms with E-state index in [0.717, 1.165) is 4.90 Å². The van der Waals surface area contributed by atoms with Gasteiger partial charge in [-0.15, -0.1) is 5.10 Å².